The van der Waals surface area contributed by atoms with Gasteiger partial charge in [-0.2, -0.15) is 0 Å². The van der Waals surface area contributed by atoms with Gasteiger partial charge in [-0.1, -0.05) is 25.4 Å². The van der Waals surface area contributed by atoms with Gasteiger partial charge in [-0.15, -0.1) is 11.3 Å². The van der Waals surface area contributed by atoms with Crippen LogP contribution < -0.4 is 0 Å². The molecule has 2 aromatic rings. The van der Waals surface area contributed by atoms with Gasteiger partial charge in [-0.3, -0.25) is 4.90 Å². The van der Waals surface area contributed by atoms with Crippen LogP contribution in [0.3, 0.4) is 0 Å². The molecule has 0 atom stereocenters. The lowest BCUT2D eigenvalue weighted by molar-refractivity contribution is 0.260. The molecule has 2 rings (SSSR count). The molecule has 0 aliphatic rings. The maximum Gasteiger partial charge on any atom is 0.145 e. The minimum atomic E-state index is 0.597. The highest BCUT2D eigenvalue weighted by Crippen LogP contribution is 2.32. The van der Waals surface area contributed by atoms with Gasteiger partial charge in [0.05, 0.1) is 11.9 Å². The fraction of sp³-hybridized carbons (Fsp3) is 0.600. The molecule has 0 bridgehead atoms. The molecule has 0 fully saturated rings. The van der Waals surface area contributed by atoms with Gasteiger partial charge in [0.15, 0.2) is 0 Å². The van der Waals surface area contributed by atoms with Gasteiger partial charge < -0.3 is 0 Å². The third-order valence-electron chi connectivity index (χ3n) is 3.48. The van der Waals surface area contributed by atoms with Crippen LogP contribution in [-0.2, 0) is 6.54 Å². The predicted molar refractivity (Wildman–Crippen MR) is 87.8 cm³/mol. The molecule has 3 nitrogen and oxygen atoms in total. The first-order valence-electron chi connectivity index (χ1n) is 7.21. The van der Waals surface area contributed by atoms with Crippen molar-refractivity contribution in [1.29, 1.82) is 0 Å². The molecule has 5 heteroatoms. The maximum absolute atomic E-state index is 6.36. The quantitative estimate of drug-likeness (QED) is 0.731. The lowest BCUT2D eigenvalue weighted by Gasteiger charge is -2.19. The fourth-order valence-corrected chi connectivity index (χ4v) is 3.85. The molecule has 0 saturated heterocycles. The summed E-state index contributed by atoms with van der Waals surface area (Å²) in [6, 6.07) is 0. The summed E-state index contributed by atoms with van der Waals surface area (Å²) < 4.78 is 0. The van der Waals surface area contributed by atoms with E-state index in [0.717, 1.165) is 48.5 Å². The van der Waals surface area contributed by atoms with Gasteiger partial charge in [0.1, 0.15) is 15.8 Å². The molecule has 110 valence electrons. The third kappa shape index (κ3) is 3.30. The molecule has 0 aliphatic carbocycles. The Hall–Kier alpha value is -0.710. The fourth-order valence-electron chi connectivity index (χ4n) is 2.42. The van der Waals surface area contributed by atoms with E-state index in [-0.39, 0.29) is 0 Å². The van der Waals surface area contributed by atoms with E-state index in [9.17, 15) is 0 Å². The van der Waals surface area contributed by atoms with Crippen molar-refractivity contribution in [2.75, 3.05) is 13.1 Å². The van der Waals surface area contributed by atoms with Gasteiger partial charge >= 0.3 is 0 Å². The topological polar surface area (TPSA) is 29.0 Å². The predicted octanol–water partition coefficient (Wildman–Crippen LogP) is 4.58. The van der Waals surface area contributed by atoms with Crippen molar-refractivity contribution >= 4 is 33.2 Å². The van der Waals surface area contributed by atoms with Crippen molar-refractivity contribution in [3.05, 3.63) is 21.4 Å². The van der Waals surface area contributed by atoms with Crippen LogP contribution in [-0.4, -0.2) is 28.0 Å². The number of thiophene rings is 1. The maximum atomic E-state index is 6.36. The molecule has 0 unspecified atom stereocenters. The number of aromatic nitrogens is 2. The van der Waals surface area contributed by atoms with Crippen LogP contribution in [0.2, 0.25) is 5.15 Å². The lowest BCUT2D eigenvalue weighted by atomic mass is 10.2. The van der Waals surface area contributed by atoms with E-state index in [2.05, 4.69) is 37.6 Å². The molecule has 20 heavy (non-hydrogen) atoms. The Balaban J connectivity index is 2.31. The Labute approximate surface area is 130 Å². The van der Waals surface area contributed by atoms with Gasteiger partial charge in [-0.25, -0.2) is 9.97 Å². The van der Waals surface area contributed by atoms with E-state index in [1.54, 1.807) is 11.3 Å². The van der Waals surface area contributed by atoms with E-state index in [0.29, 0.717) is 5.15 Å². The van der Waals surface area contributed by atoms with Crippen LogP contribution >= 0.6 is 22.9 Å². The molecule has 0 radical (unpaired) electrons. The first-order valence-corrected chi connectivity index (χ1v) is 8.40. The van der Waals surface area contributed by atoms with E-state index < -0.39 is 0 Å². The highest BCUT2D eigenvalue weighted by Gasteiger charge is 2.14. The second-order valence-electron chi connectivity index (χ2n) is 5.17. The van der Waals surface area contributed by atoms with Crippen molar-refractivity contribution in [2.45, 2.75) is 47.1 Å². The molecule has 2 heterocycles. The Kier molecular flexibility index (Phi) is 5.35. The highest BCUT2D eigenvalue weighted by atomic mass is 35.5. The van der Waals surface area contributed by atoms with Gasteiger partial charge in [-0.05, 0) is 45.3 Å². The average Bonchev–Trinajstić information content (AvgIpc) is 2.66. The van der Waals surface area contributed by atoms with Gasteiger partial charge in [0.25, 0.3) is 0 Å². The number of halogens is 1. The highest BCUT2D eigenvalue weighted by molar-refractivity contribution is 7.18. The summed E-state index contributed by atoms with van der Waals surface area (Å²) in [4.78, 5) is 13.9. The number of aryl methyl sites for hydroxylation is 2. The van der Waals surface area contributed by atoms with Crippen molar-refractivity contribution < 1.29 is 0 Å². The average molecular weight is 312 g/mol. The summed E-state index contributed by atoms with van der Waals surface area (Å²) in [5.74, 6) is 0.839. The SMILES string of the molecule is CCCN(CCC)Cc1nc(Cl)c2c(C)c(C)sc2n1. The lowest BCUT2D eigenvalue weighted by Crippen LogP contribution is -2.26. The minimum absolute atomic E-state index is 0.597. The largest absolute Gasteiger partial charge is 0.296 e. The van der Waals surface area contributed by atoms with E-state index in [1.807, 2.05) is 0 Å². The first-order chi connectivity index (χ1) is 9.56. The summed E-state index contributed by atoms with van der Waals surface area (Å²) in [6.07, 6.45) is 2.29. The molecule has 0 amide bonds. The minimum Gasteiger partial charge on any atom is -0.296 e. The first kappa shape index (κ1) is 15.7. The third-order valence-corrected chi connectivity index (χ3v) is 4.85. The molecular formula is C15H22ClN3S. The standard InChI is InChI=1S/C15H22ClN3S/c1-5-7-19(8-6-2)9-12-17-14(16)13-10(3)11(4)20-15(13)18-12/h5-9H2,1-4H3. The number of nitrogens with zero attached hydrogens (tertiary/aromatic N) is 3. The monoisotopic (exact) mass is 311 g/mol. The zero-order valence-corrected chi connectivity index (χ0v) is 14.2. The second-order valence-corrected chi connectivity index (χ2v) is 6.73. The number of rotatable bonds is 6. The van der Waals surface area contributed by atoms with Gasteiger partial charge in [0, 0.05) is 4.88 Å². The summed E-state index contributed by atoms with van der Waals surface area (Å²) in [5, 5.41) is 1.62. The van der Waals surface area contributed by atoms with Crippen molar-refractivity contribution in [1.82, 2.24) is 14.9 Å². The number of hydrogen-bond acceptors (Lipinski definition) is 4. The Morgan fingerprint density at radius 2 is 1.75 bits per heavy atom. The summed E-state index contributed by atoms with van der Waals surface area (Å²) in [6.45, 7) is 11.5. The summed E-state index contributed by atoms with van der Waals surface area (Å²) in [5.41, 5.74) is 1.21. The molecule has 2 aromatic heterocycles. The molecule has 0 N–H and O–H groups in total. The number of fused-ring (bicyclic) bond motifs is 1. The van der Waals surface area contributed by atoms with E-state index >= 15 is 0 Å². The van der Waals surface area contributed by atoms with Crippen LogP contribution in [0.25, 0.3) is 10.2 Å². The molecule has 0 spiro atoms. The molecule has 0 aromatic carbocycles. The van der Waals surface area contributed by atoms with Crippen LogP contribution in [0.5, 0.6) is 0 Å². The number of hydrogen-bond donors (Lipinski definition) is 0. The van der Waals surface area contributed by atoms with Crippen molar-refractivity contribution in [3.63, 3.8) is 0 Å². The van der Waals surface area contributed by atoms with Crippen LogP contribution in [0.4, 0.5) is 0 Å². The molecular weight excluding hydrogens is 290 g/mol. The summed E-state index contributed by atoms with van der Waals surface area (Å²) >= 11 is 8.06. The zero-order valence-electron chi connectivity index (χ0n) is 12.7. The van der Waals surface area contributed by atoms with Crippen molar-refractivity contribution in [2.24, 2.45) is 0 Å². The Bertz CT molecular complexity index is 588. The molecule has 0 aliphatic heterocycles. The summed E-state index contributed by atoms with van der Waals surface area (Å²) in [7, 11) is 0. The van der Waals surface area contributed by atoms with Gasteiger partial charge in [0.2, 0.25) is 0 Å². The van der Waals surface area contributed by atoms with E-state index in [1.165, 1.54) is 10.4 Å². The van der Waals surface area contributed by atoms with Crippen LogP contribution in [0.15, 0.2) is 0 Å². The second kappa shape index (κ2) is 6.83. The Morgan fingerprint density at radius 3 is 2.35 bits per heavy atom. The van der Waals surface area contributed by atoms with Crippen molar-refractivity contribution in [3.8, 4) is 0 Å². The smallest absolute Gasteiger partial charge is 0.145 e. The van der Waals surface area contributed by atoms with Crippen LogP contribution in [0.1, 0.15) is 43.0 Å². The molecule has 0 saturated carbocycles. The van der Waals surface area contributed by atoms with E-state index in [4.69, 9.17) is 16.6 Å². The zero-order chi connectivity index (χ0) is 14.7. The Morgan fingerprint density at radius 1 is 1.10 bits per heavy atom. The van der Waals surface area contributed by atoms with Crippen LogP contribution in [0, 0.1) is 13.8 Å². The normalized spacial score (nSPS) is 11.7.